The predicted molar refractivity (Wildman–Crippen MR) is 55.8 cm³/mol. The fourth-order valence-corrected chi connectivity index (χ4v) is 1.67. The van der Waals surface area contributed by atoms with E-state index in [0.717, 1.165) is 50.5 Å². The molecule has 1 aliphatic carbocycles. The minimum Gasteiger partial charge on any atom is -0.383 e. The number of ketones is 1. The molecular formula is C10H16N2O3. The molecular weight excluding hydrogens is 196 g/mol. The monoisotopic (exact) mass is 213 g/mol. The van der Waals surface area contributed by atoms with Crippen LogP contribution in [0.4, 0.5) is 0 Å². The maximum absolute atomic E-state index is 11.0. The molecule has 1 N–H and O–H groups in total. The van der Waals surface area contributed by atoms with E-state index in [-0.39, 0.29) is 6.04 Å². The van der Waals surface area contributed by atoms with Crippen molar-refractivity contribution in [3.8, 4) is 0 Å². The topological polar surface area (TPSA) is 72.2 Å². The van der Waals surface area contributed by atoms with E-state index in [9.17, 15) is 14.9 Å². The van der Waals surface area contributed by atoms with E-state index in [1.807, 2.05) is 0 Å². The normalized spacial score (nSPS) is 19.5. The Labute approximate surface area is 90.2 Å². The average Bonchev–Trinajstić information content (AvgIpc) is 2.25. The molecule has 15 heavy (non-hydrogen) atoms. The van der Waals surface area contributed by atoms with Crippen molar-refractivity contribution in [1.82, 2.24) is 5.31 Å². The van der Waals surface area contributed by atoms with Gasteiger partial charge in [-0.3, -0.25) is 14.9 Å². The van der Waals surface area contributed by atoms with E-state index in [4.69, 9.17) is 1.41 Å². The first-order valence-electron chi connectivity index (χ1n) is 5.61. The van der Waals surface area contributed by atoms with Crippen molar-refractivity contribution in [2.75, 3.05) is 0 Å². The summed E-state index contributed by atoms with van der Waals surface area (Å²) in [5.74, 6) is -0.613. The number of nitrogens with one attached hydrogen (secondary N) is 1. The Morgan fingerprint density at radius 1 is 1.53 bits per heavy atom. The second kappa shape index (κ2) is 5.48. The minimum atomic E-state index is -0.729. The number of Topliss-reactive ketones (excluding diaryl/α,β-unsaturated/α-hetero) is 1. The van der Waals surface area contributed by atoms with Crippen LogP contribution in [-0.4, -0.2) is 16.7 Å². The van der Waals surface area contributed by atoms with Gasteiger partial charge in [0, 0.05) is 13.0 Å². The lowest BCUT2D eigenvalue weighted by atomic mass is 9.96. The molecule has 0 aromatic carbocycles. The molecule has 5 nitrogen and oxygen atoms in total. The van der Waals surface area contributed by atoms with Crippen LogP contribution in [0.3, 0.4) is 0 Å². The summed E-state index contributed by atoms with van der Waals surface area (Å²) in [4.78, 5) is 20.8. The van der Waals surface area contributed by atoms with Gasteiger partial charge in [0.05, 0.1) is 11.1 Å². The molecule has 0 aliphatic heterocycles. The molecule has 0 atom stereocenters. The summed E-state index contributed by atoms with van der Waals surface area (Å²) >= 11 is 0. The number of carbonyl (C=O) groups excluding carboxylic acids is 1. The average molecular weight is 213 g/mol. The SMILES string of the molecule is [2H]N(/C=C(\C(C)=O)[N+](=O)[O-])C1CCCCC1. The van der Waals surface area contributed by atoms with Crippen molar-refractivity contribution in [2.24, 2.45) is 0 Å². The van der Waals surface area contributed by atoms with Gasteiger partial charge in [-0.1, -0.05) is 19.3 Å². The Balaban J connectivity index is 2.71. The van der Waals surface area contributed by atoms with Gasteiger partial charge < -0.3 is 5.31 Å². The van der Waals surface area contributed by atoms with E-state index in [1.165, 1.54) is 0 Å². The zero-order chi connectivity index (χ0) is 12.1. The summed E-state index contributed by atoms with van der Waals surface area (Å²) in [6.45, 7) is 1.14. The number of rotatable bonds is 4. The maximum atomic E-state index is 11.0. The molecule has 0 heterocycles. The largest absolute Gasteiger partial charge is 0.383 e. The minimum absolute atomic E-state index is 0.00282. The van der Waals surface area contributed by atoms with Crippen LogP contribution in [0.2, 0.25) is 1.41 Å². The van der Waals surface area contributed by atoms with Crippen LogP contribution in [0.1, 0.15) is 39.0 Å². The van der Waals surface area contributed by atoms with Crippen molar-refractivity contribution in [2.45, 2.75) is 45.1 Å². The Morgan fingerprint density at radius 2 is 2.13 bits per heavy atom. The smallest absolute Gasteiger partial charge is 0.327 e. The highest BCUT2D eigenvalue weighted by atomic mass is 16.6. The Bertz CT molecular complexity index is 295. The summed E-state index contributed by atoms with van der Waals surface area (Å²) in [5.41, 5.74) is -0.513. The van der Waals surface area contributed by atoms with Gasteiger partial charge >= 0.3 is 5.70 Å². The molecule has 0 bridgehead atoms. The maximum Gasteiger partial charge on any atom is 0.327 e. The summed E-state index contributed by atoms with van der Waals surface area (Å²) in [7, 11) is 0. The van der Waals surface area contributed by atoms with E-state index in [2.05, 4.69) is 0 Å². The molecule has 0 unspecified atom stereocenters. The number of allylic oxidation sites excluding steroid dienone is 1. The molecule has 0 aromatic heterocycles. The number of nitrogens with zero attached hydrogens (tertiary/aromatic N) is 1. The van der Waals surface area contributed by atoms with Crippen LogP contribution < -0.4 is 5.31 Å². The standard InChI is InChI=1S/C10H16N2O3/c1-8(13)10(12(14)15)7-11-9-5-3-2-4-6-9/h7,9,11H,2-6H2,1H3/b10-7+/i/hD. The third kappa shape index (κ3) is 3.69. The third-order valence-corrected chi connectivity index (χ3v) is 2.54. The lowest BCUT2D eigenvalue weighted by Crippen LogP contribution is -2.28. The van der Waals surface area contributed by atoms with E-state index < -0.39 is 16.4 Å². The van der Waals surface area contributed by atoms with Crippen molar-refractivity contribution in [1.29, 1.82) is 0 Å². The highest BCUT2D eigenvalue weighted by Gasteiger charge is 2.18. The highest BCUT2D eigenvalue weighted by Crippen LogP contribution is 2.17. The molecule has 5 heteroatoms. The van der Waals surface area contributed by atoms with Crippen LogP contribution in [0.25, 0.3) is 0 Å². The van der Waals surface area contributed by atoms with E-state index in [0.29, 0.717) is 0 Å². The van der Waals surface area contributed by atoms with Gasteiger partial charge in [-0.05, 0) is 12.8 Å². The van der Waals surface area contributed by atoms with Crippen molar-refractivity contribution in [3.63, 3.8) is 0 Å². The highest BCUT2D eigenvalue weighted by molar-refractivity contribution is 5.90. The molecule has 0 radical (unpaired) electrons. The first-order valence-corrected chi connectivity index (χ1v) is 5.16. The summed E-state index contributed by atoms with van der Waals surface area (Å²) in [5, 5.41) is 11.6. The molecule has 84 valence electrons. The number of hydrogen-bond acceptors (Lipinski definition) is 4. The molecule has 0 saturated heterocycles. The molecule has 0 aromatic rings. The Morgan fingerprint density at radius 3 is 2.60 bits per heavy atom. The Kier molecular flexibility index (Phi) is 3.70. The quantitative estimate of drug-likeness (QED) is 0.437. The van der Waals surface area contributed by atoms with Gasteiger partial charge in [0.1, 0.15) is 0 Å². The molecule has 1 rings (SSSR count). The number of nitro groups is 1. The fourth-order valence-electron chi connectivity index (χ4n) is 1.67. The zero-order valence-corrected chi connectivity index (χ0v) is 8.81. The van der Waals surface area contributed by atoms with E-state index >= 15 is 0 Å². The van der Waals surface area contributed by atoms with Crippen LogP contribution in [-0.2, 0) is 4.79 Å². The van der Waals surface area contributed by atoms with Gasteiger partial charge in [-0.25, -0.2) is 0 Å². The van der Waals surface area contributed by atoms with E-state index in [1.54, 1.807) is 0 Å². The van der Waals surface area contributed by atoms with Crippen molar-refractivity contribution < 1.29 is 11.1 Å². The number of hydrogen-bond donors (Lipinski definition) is 1. The van der Waals surface area contributed by atoms with Crippen LogP contribution >= 0.6 is 0 Å². The predicted octanol–water partition coefficient (Wildman–Crippen LogP) is 1.62. The van der Waals surface area contributed by atoms with Crippen molar-refractivity contribution >= 4 is 5.78 Å². The van der Waals surface area contributed by atoms with Crippen LogP contribution in [0, 0.1) is 10.1 Å². The van der Waals surface area contributed by atoms with Crippen LogP contribution in [0.5, 0.6) is 0 Å². The summed E-state index contributed by atoms with van der Waals surface area (Å²) < 4.78 is 7.68. The Hall–Kier alpha value is -1.39. The van der Waals surface area contributed by atoms with Gasteiger partial charge in [0.15, 0.2) is 1.41 Å². The molecule has 0 amide bonds. The van der Waals surface area contributed by atoms with Gasteiger partial charge in [-0.2, -0.15) is 0 Å². The zero-order valence-electron chi connectivity index (χ0n) is 9.81. The molecule has 1 saturated carbocycles. The first kappa shape index (κ1) is 10.1. The number of carbonyl (C=O) groups is 1. The second-order valence-corrected chi connectivity index (χ2v) is 3.77. The molecule has 1 aliphatic rings. The molecule has 0 spiro atoms. The van der Waals surface area contributed by atoms with Gasteiger partial charge in [0.2, 0.25) is 5.78 Å². The molecule has 1 fully saturated rings. The lowest BCUT2D eigenvalue weighted by Gasteiger charge is -2.21. The van der Waals surface area contributed by atoms with Gasteiger partial charge in [-0.15, -0.1) is 0 Å². The second-order valence-electron chi connectivity index (χ2n) is 3.77. The van der Waals surface area contributed by atoms with Crippen molar-refractivity contribution in [3.05, 3.63) is 22.0 Å². The first-order chi connectivity index (χ1) is 7.52. The summed E-state index contributed by atoms with van der Waals surface area (Å²) in [6.07, 6.45) is 6.01. The van der Waals surface area contributed by atoms with Crippen LogP contribution in [0.15, 0.2) is 11.9 Å². The lowest BCUT2D eigenvalue weighted by molar-refractivity contribution is -0.419. The fraction of sp³-hybridized carbons (Fsp3) is 0.700. The summed E-state index contributed by atoms with van der Waals surface area (Å²) in [6, 6.07) is 0.00282. The third-order valence-electron chi connectivity index (χ3n) is 2.54. The van der Waals surface area contributed by atoms with Gasteiger partial charge in [0.25, 0.3) is 0 Å².